The van der Waals surface area contributed by atoms with Gasteiger partial charge in [0.15, 0.2) is 0 Å². The van der Waals surface area contributed by atoms with E-state index < -0.39 is 39.9 Å². The minimum atomic E-state index is -3.09. The van der Waals surface area contributed by atoms with Gasteiger partial charge in [0.25, 0.3) is 6.43 Å². The number of aliphatic hydroxyl groups excluding tert-OH is 1. The average Bonchev–Trinajstić information content (AvgIpc) is 2.16. The lowest BCUT2D eigenvalue weighted by Gasteiger charge is -2.06. The van der Waals surface area contributed by atoms with Crippen molar-refractivity contribution < 1.29 is 18.8 Å². The summed E-state index contributed by atoms with van der Waals surface area (Å²) >= 11 is 5.37. The van der Waals surface area contributed by atoms with Crippen LogP contribution >= 0.6 is 11.6 Å². The van der Waals surface area contributed by atoms with E-state index in [0.29, 0.717) is 0 Å². The second-order valence-corrected chi connectivity index (χ2v) is 2.94. The maximum Gasteiger partial charge on any atom is 0.303 e. The van der Waals surface area contributed by atoms with Crippen molar-refractivity contribution in [1.29, 1.82) is 0 Å². The van der Waals surface area contributed by atoms with E-state index in [1.807, 2.05) is 0 Å². The van der Waals surface area contributed by atoms with Crippen molar-refractivity contribution >= 4 is 17.3 Å². The highest BCUT2D eigenvalue weighted by Gasteiger charge is 2.29. The number of halogens is 3. The standard InChI is InChI=1S/C7H5ClF2N2O3/c8-3-1-11-4(2-13)6(12(14)15)5(3)7(9)10/h1,7,13H,2H2. The molecule has 1 N–H and O–H groups in total. The van der Waals surface area contributed by atoms with Crippen molar-refractivity contribution in [2.24, 2.45) is 0 Å². The van der Waals surface area contributed by atoms with Crippen LogP contribution in [-0.4, -0.2) is 15.0 Å². The number of pyridine rings is 1. The predicted octanol–water partition coefficient (Wildman–Crippen LogP) is 2.07. The Morgan fingerprint density at radius 2 is 2.27 bits per heavy atom. The molecule has 15 heavy (non-hydrogen) atoms. The molecule has 0 aliphatic heterocycles. The predicted molar refractivity (Wildman–Crippen MR) is 46.8 cm³/mol. The Morgan fingerprint density at radius 1 is 1.67 bits per heavy atom. The van der Waals surface area contributed by atoms with Gasteiger partial charge in [-0.25, -0.2) is 8.78 Å². The fourth-order valence-electron chi connectivity index (χ4n) is 1.06. The van der Waals surface area contributed by atoms with Gasteiger partial charge in [0.1, 0.15) is 11.3 Å². The molecule has 1 rings (SSSR count). The van der Waals surface area contributed by atoms with Crippen molar-refractivity contribution in [3.05, 3.63) is 32.6 Å². The normalized spacial score (nSPS) is 10.7. The molecule has 5 nitrogen and oxygen atoms in total. The summed E-state index contributed by atoms with van der Waals surface area (Å²) in [6, 6.07) is 0. The van der Waals surface area contributed by atoms with E-state index in [-0.39, 0.29) is 0 Å². The van der Waals surface area contributed by atoms with E-state index >= 15 is 0 Å². The number of nitro groups is 1. The molecule has 0 atom stereocenters. The van der Waals surface area contributed by atoms with E-state index in [1.54, 1.807) is 0 Å². The molecule has 0 aliphatic carbocycles. The van der Waals surface area contributed by atoms with Gasteiger partial charge in [0.05, 0.1) is 16.6 Å². The van der Waals surface area contributed by atoms with Crippen LogP contribution in [-0.2, 0) is 6.61 Å². The monoisotopic (exact) mass is 238 g/mol. The third kappa shape index (κ3) is 2.18. The minimum absolute atomic E-state index is 0.431. The van der Waals surface area contributed by atoms with Crippen molar-refractivity contribution in [1.82, 2.24) is 4.98 Å². The molecule has 0 fully saturated rings. The Balaban J connectivity index is 3.51. The van der Waals surface area contributed by atoms with Gasteiger partial charge in [-0.1, -0.05) is 11.6 Å². The highest BCUT2D eigenvalue weighted by Crippen LogP contribution is 2.36. The van der Waals surface area contributed by atoms with E-state index in [1.165, 1.54) is 0 Å². The van der Waals surface area contributed by atoms with Gasteiger partial charge in [0, 0.05) is 6.20 Å². The molecule has 1 heterocycles. The summed E-state index contributed by atoms with van der Waals surface area (Å²) in [5.41, 5.74) is -2.28. The Hall–Kier alpha value is -1.34. The molecule has 1 aromatic heterocycles. The lowest BCUT2D eigenvalue weighted by Crippen LogP contribution is -2.04. The molecule has 82 valence electrons. The minimum Gasteiger partial charge on any atom is -0.390 e. The maximum atomic E-state index is 12.5. The van der Waals surface area contributed by atoms with Crippen LogP contribution in [0.5, 0.6) is 0 Å². The first-order chi connectivity index (χ1) is 6.99. The molecule has 0 spiro atoms. The van der Waals surface area contributed by atoms with Crippen LogP contribution < -0.4 is 0 Å². The molecule has 1 aromatic rings. The van der Waals surface area contributed by atoms with Crippen LogP contribution in [0.15, 0.2) is 6.20 Å². The number of hydrogen-bond donors (Lipinski definition) is 1. The molecule has 0 aliphatic rings. The first kappa shape index (κ1) is 11.7. The van der Waals surface area contributed by atoms with Crippen molar-refractivity contribution in [3.63, 3.8) is 0 Å². The SMILES string of the molecule is O=[N+]([O-])c1c(CO)ncc(Cl)c1C(F)F. The van der Waals surface area contributed by atoms with E-state index in [0.717, 1.165) is 6.20 Å². The van der Waals surface area contributed by atoms with E-state index in [2.05, 4.69) is 4.98 Å². The molecule has 8 heteroatoms. The van der Waals surface area contributed by atoms with Crippen LogP contribution in [0.1, 0.15) is 17.7 Å². The van der Waals surface area contributed by atoms with Crippen LogP contribution in [0.2, 0.25) is 5.02 Å². The van der Waals surface area contributed by atoms with Crippen LogP contribution in [0.25, 0.3) is 0 Å². The van der Waals surface area contributed by atoms with Gasteiger partial charge in [-0.15, -0.1) is 0 Å². The second-order valence-electron chi connectivity index (χ2n) is 2.53. The van der Waals surface area contributed by atoms with Gasteiger partial charge >= 0.3 is 5.69 Å². The van der Waals surface area contributed by atoms with Gasteiger partial charge in [-0.05, 0) is 0 Å². The van der Waals surface area contributed by atoms with Crippen molar-refractivity contribution in [2.75, 3.05) is 0 Å². The summed E-state index contributed by atoms with van der Waals surface area (Å²) in [6.07, 6.45) is -2.24. The smallest absolute Gasteiger partial charge is 0.303 e. The maximum absolute atomic E-state index is 12.5. The zero-order valence-electron chi connectivity index (χ0n) is 7.15. The molecular formula is C7H5ClF2N2O3. The number of rotatable bonds is 3. The van der Waals surface area contributed by atoms with Crippen LogP contribution in [0.4, 0.5) is 14.5 Å². The summed E-state index contributed by atoms with van der Waals surface area (Å²) in [6.45, 7) is -0.798. The fourth-order valence-corrected chi connectivity index (χ4v) is 1.28. The lowest BCUT2D eigenvalue weighted by atomic mass is 10.2. The molecule has 0 saturated carbocycles. The van der Waals surface area contributed by atoms with Crippen LogP contribution in [0, 0.1) is 10.1 Å². The summed E-state index contributed by atoms with van der Waals surface area (Å²) < 4.78 is 24.9. The fraction of sp³-hybridized carbons (Fsp3) is 0.286. The number of nitrogens with zero attached hydrogens (tertiary/aromatic N) is 2. The molecular weight excluding hydrogens is 234 g/mol. The van der Waals surface area contributed by atoms with Crippen LogP contribution in [0.3, 0.4) is 0 Å². The largest absolute Gasteiger partial charge is 0.390 e. The van der Waals surface area contributed by atoms with Gasteiger partial charge < -0.3 is 5.11 Å². The number of aliphatic hydroxyl groups is 1. The molecule has 0 radical (unpaired) electrons. The van der Waals surface area contributed by atoms with Gasteiger partial charge in [0.2, 0.25) is 0 Å². The third-order valence-electron chi connectivity index (χ3n) is 1.67. The summed E-state index contributed by atoms with van der Waals surface area (Å²) in [5, 5.41) is 18.7. The molecule has 0 amide bonds. The summed E-state index contributed by atoms with van der Waals surface area (Å²) in [5.74, 6) is 0. The second kappa shape index (κ2) is 4.45. The number of hydrogen-bond acceptors (Lipinski definition) is 4. The molecule has 0 unspecified atom stereocenters. The molecule has 0 bridgehead atoms. The first-order valence-corrected chi connectivity index (χ1v) is 4.07. The molecule has 0 aromatic carbocycles. The van der Waals surface area contributed by atoms with E-state index in [4.69, 9.17) is 16.7 Å². The lowest BCUT2D eigenvalue weighted by molar-refractivity contribution is -0.387. The summed E-state index contributed by atoms with van der Waals surface area (Å²) in [4.78, 5) is 12.9. The Morgan fingerprint density at radius 3 is 2.67 bits per heavy atom. The first-order valence-electron chi connectivity index (χ1n) is 3.69. The van der Waals surface area contributed by atoms with E-state index in [9.17, 15) is 18.9 Å². The summed E-state index contributed by atoms with van der Waals surface area (Å²) in [7, 11) is 0. The Kier molecular flexibility index (Phi) is 3.48. The van der Waals surface area contributed by atoms with Crippen molar-refractivity contribution in [2.45, 2.75) is 13.0 Å². The Labute approximate surface area is 87.5 Å². The Bertz CT molecular complexity index is 400. The zero-order valence-corrected chi connectivity index (χ0v) is 7.91. The number of aromatic nitrogens is 1. The topological polar surface area (TPSA) is 76.3 Å². The quantitative estimate of drug-likeness (QED) is 0.646. The highest BCUT2D eigenvalue weighted by atomic mass is 35.5. The van der Waals surface area contributed by atoms with Gasteiger partial charge in [-0.3, -0.25) is 15.1 Å². The molecule has 0 saturated heterocycles. The average molecular weight is 239 g/mol. The van der Waals surface area contributed by atoms with Crippen molar-refractivity contribution in [3.8, 4) is 0 Å². The number of alkyl halides is 2. The highest BCUT2D eigenvalue weighted by molar-refractivity contribution is 6.31. The van der Waals surface area contributed by atoms with Gasteiger partial charge in [-0.2, -0.15) is 0 Å². The zero-order chi connectivity index (χ0) is 11.6. The third-order valence-corrected chi connectivity index (χ3v) is 1.97.